The van der Waals surface area contributed by atoms with Crippen LogP contribution in [0.5, 0.6) is 0 Å². The van der Waals surface area contributed by atoms with Crippen molar-refractivity contribution in [2.24, 2.45) is 0 Å². The Labute approximate surface area is 155 Å². The topological polar surface area (TPSA) is 112 Å². The van der Waals surface area contributed by atoms with Crippen LogP contribution in [0.2, 0.25) is 0 Å². The van der Waals surface area contributed by atoms with Gasteiger partial charge in [0.2, 0.25) is 10.0 Å². The molecule has 9 heteroatoms. The summed E-state index contributed by atoms with van der Waals surface area (Å²) in [6.45, 7) is 0.110. The number of rotatable bonds is 3. The minimum absolute atomic E-state index is 0.110. The van der Waals surface area contributed by atoms with E-state index in [9.17, 15) is 27.9 Å². The number of sulfonamides is 1. The van der Waals surface area contributed by atoms with Crippen LogP contribution in [0.4, 0.5) is 0 Å². The van der Waals surface area contributed by atoms with Crippen LogP contribution in [0.3, 0.4) is 0 Å². The van der Waals surface area contributed by atoms with Gasteiger partial charge in [0.25, 0.3) is 11.8 Å². The third-order valence-electron chi connectivity index (χ3n) is 5.12. The largest absolute Gasteiger partial charge is 0.480 e. The van der Waals surface area contributed by atoms with Crippen molar-refractivity contribution in [2.75, 3.05) is 13.6 Å². The first kappa shape index (κ1) is 17.6. The van der Waals surface area contributed by atoms with Crippen LogP contribution in [0.15, 0.2) is 35.2 Å². The molecule has 4 rings (SSSR count). The summed E-state index contributed by atoms with van der Waals surface area (Å²) in [5, 5.41) is 10.2. The molecule has 2 amide bonds. The highest BCUT2D eigenvalue weighted by Crippen LogP contribution is 2.34. The number of carbonyl (C=O) groups excluding carboxylic acids is 2. The monoisotopic (exact) mass is 388 g/mol. The number of amides is 2. The smallest absolute Gasteiger partial charge is 0.322 e. The lowest BCUT2D eigenvalue weighted by molar-refractivity contribution is -0.140. The zero-order valence-corrected chi connectivity index (χ0v) is 15.2. The molecule has 0 aromatic heterocycles. The maximum Gasteiger partial charge on any atom is 0.322 e. The molecular formula is C18H16N2O6S. The van der Waals surface area contributed by atoms with Gasteiger partial charge in [0.15, 0.2) is 0 Å². The average Bonchev–Trinajstić information content (AvgIpc) is 3.15. The molecule has 140 valence electrons. The van der Waals surface area contributed by atoms with E-state index < -0.39 is 33.8 Å². The Balaban J connectivity index is 1.94. The maximum absolute atomic E-state index is 13.1. The van der Waals surface area contributed by atoms with Gasteiger partial charge in [-0.05, 0) is 36.4 Å². The Morgan fingerprint density at radius 2 is 1.85 bits per heavy atom. The fourth-order valence-electron chi connectivity index (χ4n) is 3.76. The van der Waals surface area contributed by atoms with Gasteiger partial charge in [-0.25, -0.2) is 8.42 Å². The lowest BCUT2D eigenvalue weighted by Crippen LogP contribution is -2.40. The molecule has 2 aromatic carbocycles. The summed E-state index contributed by atoms with van der Waals surface area (Å²) in [6, 6.07) is 6.35. The number of imide groups is 1. The van der Waals surface area contributed by atoms with Crippen molar-refractivity contribution in [2.45, 2.75) is 23.8 Å². The Morgan fingerprint density at radius 1 is 1.15 bits per heavy atom. The Morgan fingerprint density at radius 3 is 2.56 bits per heavy atom. The molecule has 0 spiro atoms. The minimum atomic E-state index is -4.10. The zero-order chi connectivity index (χ0) is 19.5. The highest BCUT2D eigenvalue weighted by Gasteiger charge is 2.40. The van der Waals surface area contributed by atoms with E-state index in [0.717, 1.165) is 9.21 Å². The van der Waals surface area contributed by atoms with Crippen LogP contribution in [-0.4, -0.2) is 60.1 Å². The van der Waals surface area contributed by atoms with E-state index in [1.54, 1.807) is 18.2 Å². The average molecular weight is 388 g/mol. The first-order valence-corrected chi connectivity index (χ1v) is 9.81. The lowest BCUT2D eigenvalue weighted by atomic mass is 9.94. The van der Waals surface area contributed by atoms with Crippen molar-refractivity contribution in [1.82, 2.24) is 9.21 Å². The molecule has 1 N–H and O–H groups in total. The Hall–Kier alpha value is -2.78. The standard InChI is InChI=1S/C18H16N2O6S/c1-19-16(21)12-5-2-4-10-8-11(9-13(15(10)12)17(19)22)27(25,26)20-7-3-6-14(20)18(23)24/h2,4-5,8-9,14H,3,6-7H2,1H3,(H,23,24). The van der Waals surface area contributed by atoms with E-state index in [1.165, 1.54) is 19.2 Å². The lowest BCUT2D eigenvalue weighted by Gasteiger charge is -2.25. The van der Waals surface area contributed by atoms with E-state index in [0.29, 0.717) is 22.8 Å². The van der Waals surface area contributed by atoms with Crippen LogP contribution in [0.25, 0.3) is 10.8 Å². The van der Waals surface area contributed by atoms with Gasteiger partial charge in [0, 0.05) is 30.1 Å². The summed E-state index contributed by atoms with van der Waals surface area (Å²) in [7, 11) is -2.76. The van der Waals surface area contributed by atoms with Crippen molar-refractivity contribution in [3.05, 3.63) is 41.5 Å². The maximum atomic E-state index is 13.1. The highest BCUT2D eigenvalue weighted by molar-refractivity contribution is 7.89. The van der Waals surface area contributed by atoms with E-state index in [-0.39, 0.29) is 23.4 Å². The molecule has 0 aliphatic carbocycles. The predicted octanol–water partition coefficient (Wildman–Crippen LogP) is 1.30. The molecule has 8 nitrogen and oxygen atoms in total. The van der Waals surface area contributed by atoms with Crippen molar-refractivity contribution in [1.29, 1.82) is 0 Å². The predicted molar refractivity (Wildman–Crippen MR) is 94.9 cm³/mol. The molecule has 0 saturated carbocycles. The SMILES string of the molecule is CN1C(=O)c2cccc3cc(S(=O)(=O)N4CCCC4C(=O)O)cc(c23)C1=O. The van der Waals surface area contributed by atoms with E-state index in [1.807, 2.05) is 0 Å². The minimum Gasteiger partial charge on any atom is -0.480 e. The summed E-state index contributed by atoms with van der Waals surface area (Å²) >= 11 is 0. The molecule has 1 saturated heterocycles. The quantitative estimate of drug-likeness (QED) is 0.794. The van der Waals surface area contributed by atoms with E-state index in [2.05, 4.69) is 0 Å². The second-order valence-corrected chi connectivity index (χ2v) is 8.55. The van der Waals surface area contributed by atoms with Gasteiger partial charge in [-0.1, -0.05) is 12.1 Å². The highest BCUT2D eigenvalue weighted by atomic mass is 32.2. The molecule has 2 heterocycles. The van der Waals surface area contributed by atoms with Gasteiger partial charge in [-0.2, -0.15) is 4.31 Å². The van der Waals surface area contributed by atoms with Crippen LogP contribution in [0.1, 0.15) is 33.6 Å². The number of hydrogen-bond acceptors (Lipinski definition) is 5. The fourth-order valence-corrected chi connectivity index (χ4v) is 5.47. The van der Waals surface area contributed by atoms with Gasteiger partial charge < -0.3 is 5.11 Å². The van der Waals surface area contributed by atoms with Crippen molar-refractivity contribution in [3.8, 4) is 0 Å². The molecule has 27 heavy (non-hydrogen) atoms. The van der Waals surface area contributed by atoms with Gasteiger partial charge in [-0.3, -0.25) is 19.3 Å². The number of carboxylic acids is 1. The van der Waals surface area contributed by atoms with Gasteiger partial charge in [0.1, 0.15) is 6.04 Å². The summed E-state index contributed by atoms with van der Waals surface area (Å²) in [5.41, 5.74) is 0.452. The molecule has 2 aliphatic rings. The molecule has 0 radical (unpaired) electrons. The van der Waals surface area contributed by atoms with E-state index >= 15 is 0 Å². The second-order valence-electron chi connectivity index (χ2n) is 6.66. The molecule has 1 unspecified atom stereocenters. The molecule has 1 fully saturated rings. The molecule has 2 aromatic rings. The molecule has 2 aliphatic heterocycles. The number of carbonyl (C=O) groups is 3. The normalized spacial score (nSPS) is 20.5. The third-order valence-corrected chi connectivity index (χ3v) is 7.00. The first-order valence-electron chi connectivity index (χ1n) is 8.37. The third kappa shape index (κ3) is 2.46. The number of aliphatic carboxylic acids is 1. The molecular weight excluding hydrogens is 372 g/mol. The number of hydrogen-bond donors (Lipinski definition) is 1. The fraction of sp³-hybridized carbons (Fsp3) is 0.278. The van der Waals surface area contributed by atoms with Crippen LogP contribution < -0.4 is 0 Å². The van der Waals surface area contributed by atoms with Gasteiger partial charge in [-0.15, -0.1) is 0 Å². The summed E-state index contributed by atoms with van der Waals surface area (Å²) in [6.07, 6.45) is 0.701. The zero-order valence-electron chi connectivity index (χ0n) is 14.4. The number of benzene rings is 2. The van der Waals surface area contributed by atoms with Crippen LogP contribution >= 0.6 is 0 Å². The second kappa shape index (κ2) is 5.86. The van der Waals surface area contributed by atoms with Crippen molar-refractivity contribution < 1.29 is 27.9 Å². The number of carboxylic acid groups (broad SMARTS) is 1. The summed E-state index contributed by atoms with van der Waals surface area (Å²) < 4.78 is 27.1. The van der Waals surface area contributed by atoms with Crippen molar-refractivity contribution >= 4 is 38.6 Å². The van der Waals surface area contributed by atoms with Gasteiger partial charge in [0.05, 0.1) is 4.90 Å². The van der Waals surface area contributed by atoms with Crippen molar-refractivity contribution in [3.63, 3.8) is 0 Å². The molecule has 1 atom stereocenters. The Kier molecular flexibility index (Phi) is 3.83. The summed E-state index contributed by atoms with van der Waals surface area (Å²) in [4.78, 5) is 37.1. The molecule has 0 bridgehead atoms. The van der Waals surface area contributed by atoms with Crippen LogP contribution in [0, 0.1) is 0 Å². The van der Waals surface area contributed by atoms with Gasteiger partial charge >= 0.3 is 5.97 Å². The first-order chi connectivity index (χ1) is 12.7. The summed E-state index contributed by atoms with van der Waals surface area (Å²) in [5.74, 6) is -2.22. The number of nitrogens with zero attached hydrogens (tertiary/aromatic N) is 2. The van der Waals surface area contributed by atoms with E-state index in [4.69, 9.17) is 0 Å². The van der Waals surface area contributed by atoms with Crippen LogP contribution in [-0.2, 0) is 14.8 Å². The Bertz CT molecular complexity index is 1120.